The molecule has 3 heterocycles. The first kappa shape index (κ1) is 18.8. The number of pyridine rings is 1. The molecular weight excluding hydrogens is 358 g/mol. The van der Waals surface area contributed by atoms with Crippen LogP contribution in [0.25, 0.3) is 0 Å². The molecule has 0 aromatic carbocycles. The van der Waals surface area contributed by atoms with Gasteiger partial charge in [-0.05, 0) is 31.4 Å². The molecule has 1 N–H and O–H groups in total. The van der Waals surface area contributed by atoms with Crippen LogP contribution in [0.4, 0.5) is 0 Å². The molecule has 2 unspecified atom stereocenters. The number of ether oxygens (including phenoxy) is 1. The van der Waals surface area contributed by atoms with Crippen LogP contribution < -0.4 is 5.32 Å². The highest BCUT2D eigenvalue weighted by Crippen LogP contribution is 2.18. The van der Waals surface area contributed by atoms with Gasteiger partial charge in [0.15, 0.2) is 9.84 Å². The summed E-state index contributed by atoms with van der Waals surface area (Å²) < 4.78 is 28.7. The number of sulfone groups is 1. The Labute approximate surface area is 152 Å². The SMILES string of the molecule is CN(C(=O)c1cc(C(=O)NCC2CCCO2)ccn1)C1CCS(=O)(=O)C1. The number of nitrogens with one attached hydrogen (secondary N) is 1. The Morgan fingerprint density at radius 2 is 2.19 bits per heavy atom. The van der Waals surface area contributed by atoms with Gasteiger partial charge in [0.2, 0.25) is 0 Å². The molecule has 0 spiro atoms. The van der Waals surface area contributed by atoms with E-state index in [-0.39, 0.29) is 41.2 Å². The van der Waals surface area contributed by atoms with Crippen molar-refractivity contribution in [2.45, 2.75) is 31.4 Å². The lowest BCUT2D eigenvalue weighted by atomic mass is 10.1. The minimum absolute atomic E-state index is 0.0309. The average molecular weight is 381 g/mol. The number of carbonyl (C=O) groups is 2. The van der Waals surface area contributed by atoms with Gasteiger partial charge in [-0.25, -0.2) is 8.42 Å². The van der Waals surface area contributed by atoms with Gasteiger partial charge in [0.05, 0.1) is 17.6 Å². The first-order valence-corrected chi connectivity index (χ1v) is 10.5. The first-order valence-electron chi connectivity index (χ1n) is 8.69. The van der Waals surface area contributed by atoms with E-state index in [0.717, 1.165) is 19.4 Å². The van der Waals surface area contributed by atoms with Gasteiger partial charge in [0.25, 0.3) is 11.8 Å². The molecule has 1 aromatic heterocycles. The lowest BCUT2D eigenvalue weighted by Crippen LogP contribution is -2.38. The zero-order valence-electron chi connectivity index (χ0n) is 14.7. The van der Waals surface area contributed by atoms with Gasteiger partial charge < -0.3 is 15.0 Å². The number of hydrogen-bond acceptors (Lipinski definition) is 6. The number of carbonyl (C=O) groups excluding carboxylic acids is 2. The molecule has 0 bridgehead atoms. The molecule has 2 amide bonds. The summed E-state index contributed by atoms with van der Waals surface area (Å²) >= 11 is 0. The molecule has 1 aromatic rings. The zero-order valence-corrected chi connectivity index (χ0v) is 15.5. The van der Waals surface area contributed by atoms with E-state index in [1.54, 1.807) is 13.1 Å². The maximum atomic E-state index is 12.6. The van der Waals surface area contributed by atoms with Crippen molar-refractivity contribution >= 4 is 21.7 Å². The van der Waals surface area contributed by atoms with Gasteiger partial charge in [0.1, 0.15) is 5.69 Å². The fourth-order valence-electron chi connectivity index (χ4n) is 3.23. The van der Waals surface area contributed by atoms with E-state index in [0.29, 0.717) is 18.5 Å². The van der Waals surface area contributed by atoms with Crippen molar-refractivity contribution in [2.75, 3.05) is 31.7 Å². The second-order valence-electron chi connectivity index (χ2n) is 6.75. The normalized spacial score (nSPS) is 24.3. The highest BCUT2D eigenvalue weighted by molar-refractivity contribution is 7.91. The van der Waals surface area contributed by atoms with Crippen LogP contribution in [0.2, 0.25) is 0 Å². The van der Waals surface area contributed by atoms with Crippen LogP contribution in [0.1, 0.15) is 40.1 Å². The molecule has 2 fully saturated rings. The summed E-state index contributed by atoms with van der Waals surface area (Å²) in [5.41, 5.74) is 0.468. The molecule has 0 saturated carbocycles. The summed E-state index contributed by atoms with van der Waals surface area (Å²) in [5.74, 6) is -0.616. The van der Waals surface area contributed by atoms with Gasteiger partial charge >= 0.3 is 0 Å². The van der Waals surface area contributed by atoms with Crippen molar-refractivity contribution in [3.05, 3.63) is 29.6 Å². The third-order valence-corrected chi connectivity index (χ3v) is 6.58. The molecule has 2 saturated heterocycles. The smallest absolute Gasteiger partial charge is 0.272 e. The topological polar surface area (TPSA) is 106 Å². The van der Waals surface area contributed by atoms with E-state index in [2.05, 4.69) is 10.3 Å². The van der Waals surface area contributed by atoms with Gasteiger partial charge in [-0.2, -0.15) is 0 Å². The minimum atomic E-state index is -3.08. The van der Waals surface area contributed by atoms with Crippen molar-refractivity contribution < 1.29 is 22.7 Å². The highest BCUT2D eigenvalue weighted by Gasteiger charge is 2.33. The maximum Gasteiger partial charge on any atom is 0.272 e. The maximum absolute atomic E-state index is 12.6. The quantitative estimate of drug-likeness (QED) is 0.784. The number of hydrogen-bond donors (Lipinski definition) is 1. The molecule has 0 radical (unpaired) electrons. The Hall–Kier alpha value is -2.00. The van der Waals surface area contributed by atoms with Crippen molar-refractivity contribution in [3.8, 4) is 0 Å². The van der Waals surface area contributed by atoms with Crippen molar-refractivity contribution in [3.63, 3.8) is 0 Å². The van der Waals surface area contributed by atoms with Gasteiger partial charge in [0, 0.05) is 38.0 Å². The highest BCUT2D eigenvalue weighted by atomic mass is 32.2. The molecule has 2 atom stereocenters. The fraction of sp³-hybridized carbons (Fsp3) is 0.588. The molecule has 142 valence electrons. The molecule has 8 nitrogen and oxygen atoms in total. The molecule has 0 aliphatic carbocycles. The standard InChI is InChI=1S/C17H23N3O5S/c1-20(13-5-8-26(23,24)11-13)17(22)15-9-12(4-6-18-15)16(21)19-10-14-3-2-7-25-14/h4,6,9,13-14H,2-3,5,7-8,10-11H2,1H3,(H,19,21). The van der Waals surface area contributed by atoms with Gasteiger partial charge in [-0.1, -0.05) is 0 Å². The van der Waals surface area contributed by atoms with E-state index in [1.165, 1.54) is 17.2 Å². The third kappa shape index (κ3) is 4.39. The Morgan fingerprint density at radius 3 is 2.85 bits per heavy atom. The minimum Gasteiger partial charge on any atom is -0.376 e. The van der Waals surface area contributed by atoms with E-state index >= 15 is 0 Å². The average Bonchev–Trinajstić information content (AvgIpc) is 3.27. The van der Waals surface area contributed by atoms with Crippen molar-refractivity contribution in [1.29, 1.82) is 0 Å². The Kier molecular flexibility index (Phi) is 5.57. The molecule has 9 heteroatoms. The Bertz CT molecular complexity index is 789. The van der Waals surface area contributed by atoms with E-state index in [1.807, 2.05) is 0 Å². The van der Waals surface area contributed by atoms with Crippen LogP contribution in [0.5, 0.6) is 0 Å². The summed E-state index contributed by atoms with van der Waals surface area (Å²) in [6, 6.07) is 2.63. The van der Waals surface area contributed by atoms with Crippen LogP contribution >= 0.6 is 0 Å². The molecule has 26 heavy (non-hydrogen) atoms. The molecule has 2 aliphatic heterocycles. The van der Waals surface area contributed by atoms with E-state index in [4.69, 9.17) is 4.74 Å². The van der Waals surface area contributed by atoms with Gasteiger partial charge in [-0.3, -0.25) is 14.6 Å². The predicted octanol–water partition coefficient (Wildman–Crippen LogP) is 0.250. The Morgan fingerprint density at radius 1 is 1.38 bits per heavy atom. The summed E-state index contributed by atoms with van der Waals surface area (Å²) in [4.78, 5) is 30.3. The summed E-state index contributed by atoms with van der Waals surface area (Å²) in [5, 5.41) is 2.81. The van der Waals surface area contributed by atoms with E-state index in [9.17, 15) is 18.0 Å². The number of nitrogens with zero attached hydrogens (tertiary/aromatic N) is 2. The first-order chi connectivity index (χ1) is 12.4. The summed E-state index contributed by atoms with van der Waals surface area (Å²) in [7, 11) is -1.51. The third-order valence-electron chi connectivity index (χ3n) is 4.83. The largest absolute Gasteiger partial charge is 0.376 e. The lowest BCUT2D eigenvalue weighted by Gasteiger charge is -2.23. The predicted molar refractivity (Wildman–Crippen MR) is 94.7 cm³/mol. The summed E-state index contributed by atoms with van der Waals surface area (Å²) in [6.07, 6.45) is 3.80. The van der Waals surface area contributed by atoms with E-state index < -0.39 is 9.84 Å². The summed E-state index contributed by atoms with van der Waals surface area (Å²) in [6.45, 7) is 1.15. The van der Waals surface area contributed by atoms with Gasteiger partial charge in [-0.15, -0.1) is 0 Å². The number of amides is 2. The van der Waals surface area contributed by atoms with Crippen LogP contribution in [0.15, 0.2) is 18.3 Å². The van der Waals surface area contributed by atoms with Crippen LogP contribution in [-0.4, -0.2) is 74.0 Å². The zero-order chi connectivity index (χ0) is 18.7. The Balaban J connectivity index is 1.64. The monoisotopic (exact) mass is 381 g/mol. The number of aromatic nitrogens is 1. The molecule has 3 rings (SSSR count). The van der Waals surface area contributed by atoms with Crippen LogP contribution in [-0.2, 0) is 14.6 Å². The lowest BCUT2D eigenvalue weighted by molar-refractivity contribution is 0.0741. The molecular formula is C17H23N3O5S. The second-order valence-corrected chi connectivity index (χ2v) is 8.98. The molecule has 2 aliphatic rings. The van der Waals surface area contributed by atoms with Crippen LogP contribution in [0.3, 0.4) is 0 Å². The van der Waals surface area contributed by atoms with Crippen LogP contribution in [0, 0.1) is 0 Å². The van der Waals surface area contributed by atoms with Crippen molar-refractivity contribution in [1.82, 2.24) is 15.2 Å². The number of rotatable bonds is 5. The fourth-order valence-corrected chi connectivity index (χ4v) is 5.00. The van der Waals surface area contributed by atoms with Crippen molar-refractivity contribution in [2.24, 2.45) is 0 Å². The second kappa shape index (κ2) is 7.71.